The van der Waals surface area contributed by atoms with Gasteiger partial charge in [0.05, 0.1) is 9.34 Å². The molecule has 0 spiro atoms. The van der Waals surface area contributed by atoms with Crippen LogP contribution < -0.4 is 5.32 Å². The summed E-state index contributed by atoms with van der Waals surface area (Å²) in [6, 6.07) is 3.11. The summed E-state index contributed by atoms with van der Waals surface area (Å²) in [5.41, 5.74) is 0. The number of carboxylic acids is 1. The first kappa shape index (κ1) is 12.5. The van der Waals surface area contributed by atoms with E-state index in [1.54, 1.807) is 6.07 Å². The van der Waals surface area contributed by atoms with Gasteiger partial charge >= 0.3 is 30.7 Å². The van der Waals surface area contributed by atoms with Crippen LogP contribution in [-0.4, -0.2) is 35.8 Å². The molecule has 2 N–H and O–H groups in total. The normalized spacial score (nSPS) is 8.69. The van der Waals surface area contributed by atoms with Gasteiger partial charge in [0, 0.05) is 0 Å². The van der Waals surface area contributed by atoms with Crippen LogP contribution in [0.2, 0.25) is 4.34 Å². The Kier molecular flexibility index (Phi) is 5.11. The number of amides is 1. The fourth-order valence-corrected chi connectivity index (χ4v) is 1.49. The molecule has 0 fully saturated rings. The second kappa shape index (κ2) is 5.30. The number of carbonyl (C=O) groups excluding carboxylic acids is 1. The third-order valence-electron chi connectivity index (χ3n) is 1.00. The van der Waals surface area contributed by atoms with E-state index in [-0.39, 0.29) is 18.9 Å². The molecule has 1 heterocycles. The van der Waals surface area contributed by atoms with Gasteiger partial charge in [0.2, 0.25) is 0 Å². The zero-order chi connectivity index (χ0) is 9.14. The van der Waals surface area contributed by atoms with Crippen LogP contribution in [0.3, 0.4) is 0 Å². The van der Waals surface area contributed by atoms with Gasteiger partial charge in [0.25, 0.3) is 0 Å². The Hall–Kier alpha value is -0.473. The summed E-state index contributed by atoms with van der Waals surface area (Å²) in [6.07, 6.45) is 0. The van der Waals surface area contributed by atoms with Crippen molar-refractivity contribution in [1.29, 1.82) is 0 Å². The number of aliphatic carboxylic acids is 1. The van der Waals surface area contributed by atoms with Crippen LogP contribution in [0.4, 0.5) is 5.00 Å². The molecule has 7 heteroatoms. The SMILES string of the molecule is O=C(O)C(=O)Nc1ccc(Cl)s1.[LiH]. The van der Waals surface area contributed by atoms with Gasteiger partial charge in [-0.1, -0.05) is 11.6 Å². The second-order valence-electron chi connectivity index (χ2n) is 1.86. The van der Waals surface area contributed by atoms with Crippen molar-refractivity contribution >= 4 is 58.7 Å². The molecular formula is C6H5ClLiNO3S. The van der Waals surface area contributed by atoms with E-state index in [1.165, 1.54) is 6.07 Å². The minimum absolute atomic E-state index is 0. The van der Waals surface area contributed by atoms with E-state index in [1.807, 2.05) is 0 Å². The summed E-state index contributed by atoms with van der Waals surface area (Å²) in [7, 11) is 0. The van der Waals surface area contributed by atoms with Crippen LogP contribution in [0, 0.1) is 0 Å². The molecule has 0 atom stereocenters. The molecule has 0 saturated carbocycles. The van der Waals surface area contributed by atoms with Gasteiger partial charge in [-0.3, -0.25) is 4.79 Å². The summed E-state index contributed by atoms with van der Waals surface area (Å²) in [5, 5.41) is 10.8. The van der Waals surface area contributed by atoms with Crippen molar-refractivity contribution in [2.24, 2.45) is 0 Å². The van der Waals surface area contributed by atoms with E-state index < -0.39 is 11.9 Å². The van der Waals surface area contributed by atoms with Gasteiger partial charge in [-0.25, -0.2) is 4.79 Å². The molecule has 0 saturated heterocycles. The Balaban J connectivity index is 0.00000144. The number of rotatable bonds is 1. The fraction of sp³-hybridized carbons (Fsp3) is 0. The number of carboxylic acid groups (broad SMARTS) is 1. The van der Waals surface area contributed by atoms with Crippen molar-refractivity contribution in [3.63, 3.8) is 0 Å². The Morgan fingerprint density at radius 1 is 1.46 bits per heavy atom. The summed E-state index contributed by atoms with van der Waals surface area (Å²) in [5.74, 6) is -2.58. The molecular weight excluding hydrogens is 209 g/mol. The molecule has 4 nitrogen and oxygen atoms in total. The van der Waals surface area contributed by atoms with Gasteiger partial charge < -0.3 is 10.4 Å². The summed E-state index contributed by atoms with van der Waals surface area (Å²) in [6.45, 7) is 0. The van der Waals surface area contributed by atoms with Gasteiger partial charge in [-0.2, -0.15) is 0 Å². The van der Waals surface area contributed by atoms with E-state index in [4.69, 9.17) is 16.7 Å². The van der Waals surface area contributed by atoms with Crippen LogP contribution in [0.5, 0.6) is 0 Å². The third-order valence-corrected chi connectivity index (χ3v) is 2.15. The molecule has 0 bridgehead atoms. The minimum atomic E-state index is -1.51. The predicted octanol–water partition coefficient (Wildman–Crippen LogP) is 0.776. The monoisotopic (exact) mass is 213 g/mol. The standard InChI is InChI=1S/C6H4ClNO3S.Li.H/c7-3-1-2-4(12-3)8-5(9)6(10)11;;/h1-2H,(H,8,9)(H,10,11);;. The number of carbonyl (C=O) groups is 2. The Labute approximate surface area is 95.1 Å². The number of thiophene rings is 1. The molecule has 0 aliphatic rings. The van der Waals surface area contributed by atoms with E-state index >= 15 is 0 Å². The molecule has 0 aliphatic carbocycles. The molecule has 1 amide bonds. The van der Waals surface area contributed by atoms with Crippen molar-refractivity contribution in [2.75, 3.05) is 5.32 Å². The number of nitrogens with one attached hydrogen (secondary N) is 1. The maximum atomic E-state index is 10.6. The van der Waals surface area contributed by atoms with Crippen molar-refractivity contribution in [3.8, 4) is 0 Å². The van der Waals surface area contributed by atoms with E-state index in [9.17, 15) is 9.59 Å². The topological polar surface area (TPSA) is 66.4 Å². The van der Waals surface area contributed by atoms with Crippen LogP contribution in [0.1, 0.15) is 0 Å². The van der Waals surface area contributed by atoms with Crippen LogP contribution >= 0.6 is 22.9 Å². The average molecular weight is 214 g/mol. The van der Waals surface area contributed by atoms with Gasteiger partial charge in [-0.15, -0.1) is 11.3 Å². The summed E-state index contributed by atoms with van der Waals surface area (Å²) < 4.78 is 0.496. The molecule has 0 radical (unpaired) electrons. The van der Waals surface area contributed by atoms with E-state index in [0.29, 0.717) is 9.34 Å². The fourth-order valence-electron chi connectivity index (χ4n) is 0.547. The Bertz CT molecular complexity index is 327. The zero-order valence-electron chi connectivity index (χ0n) is 5.70. The molecule has 66 valence electrons. The van der Waals surface area contributed by atoms with Crippen molar-refractivity contribution < 1.29 is 14.7 Å². The first-order valence-electron chi connectivity index (χ1n) is 2.89. The summed E-state index contributed by atoms with van der Waals surface area (Å²) >= 11 is 6.65. The number of anilines is 1. The van der Waals surface area contributed by atoms with Gasteiger partial charge in [0.1, 0.15) is 0 Å². The predicted molar refractivity (Wildman–Crippen MR) is 52.7 cm³/mol. The van der Waals surface area contributed by atoms with Gasteiger partial charge in [0.15, 0.2) is 0 Å². The Morgan fingerprint density at radius 2 is 2.08 bits per heavy atom. The Morgan fingerprint density at radius 3 is 2.46 bits per heavy atom. The first-order chi connectivity index (χ1) is 5.59. The third kappa shape index (κ3) is 3.83. The molecule has 1 rings (SSSR count). The van der Waals surface area contributed by atoms with Crippen LogP contribution in [-0.2, 0) is 9.59 Å². The quantitative estimate of drug-likeness (QED) is 0.535. The molecule has 1 aromatic heterocycles. The molecule has 13 heavy (non-hydrogen) atoms. The number of hydrogen-bond donors (Lipinski definition) is 2. The molecule has 0 aromatic carbocycles. The molecule has 1 aromatic rings. The van der Waals surface area contributed by atoms with Crippen LogP contribution in [0.15, 0.2) is 12.1 Å². The maximum absolute atomic E-state index is 10.6. The van der Waals surface area contributed by atoms with Crippen LogP contribution in [0.25, 0.3) is 0 Å². The van der Waals surface area contributed by atoms with Crippen molar-refractivity contribution in [1.82, 2.24) is 0 Å². The second-order valence-corrected chi connectivity index (χ2v) is 3.58. The van der Waals surface area contributed by atoms with Crippen molar-refractivity contribution in [3.05, 3.63) is 16.5 Å². The summed E-state index contributed by atoms with van der Waals surface area (Å²) in [4.78, 5) is 20.6. The molecule has 0 unspecified atom stereocenters. The molecule has 0 aliphatic heterocycles. The number of halogens is 1. The van der Waals surface area contributed by atoms with Crippen molar-refractivity contribution in [2.45, 2.75) is 0 Å². The zero-order valence-corrected chi connectivity index (χ0v) is 7.28. The average Bonchev–Trinajstić information content (AvgIpc) is 2.35. The first-order valence-corrected chi connectivity index (χ1v) is 4.08. The van der Waals surface area contributed by atoms with Gasteiger partial charge in [-0.05, 0) is 12.1 Å². The van der Waals surface area contributed by atoms with E-state index in [2.05, 4.69) is 5.32 Å². The van der Waals surface area contributed by atoms with E-state index in [0.717, 1.165) is 11.3 Å². The number of hydrogen-bond acceptors (Lipinski definition) is 3.